The van der Waals surface area contributed by atoms with Crippen LogP contribution in [0.2, 0.25) is 6.55 Å². The summed E-state index contributed by atoms with van der Waals surface area (Å²) in [6, 6.07) is 0. The van der Waals surface area contributed by atoms with E-state index < -0.39 is 9.28 Å². The van der Waals surface area contributed by atoms with E-state index in [4.69, 9.17) is 9.05 Å². The summed E-state index contributed by atoms with van der Waals surface area (Å²) in [7, 11) is 5.93. The largest absolute Gasteiger partial charge is 0.359 e. The summed E-state index contributed by atoms with van der Waals surface area (Å²) in [5, 5.41) is 3.33. The molecule has 4 nitrogen and oxygen atoms in total. The highest BCUT2D eigenvalue weighted by Crippen LogP contribution is 1.91. The van der Waals surface area contributed by atoms with Crippen molar-refractivity contribution in [2.24, 2.45) is 0 Å². The van der Waals surface area contributed by atoms with Crippen LogP contribution in [0.1, 0.15) is 0 Å². The summed E-state index contributed by atoms with van der Waals surface area (Å²) in [4.78, 5) is 0. The lowest BCUT2D eigenvalue weighted by Gasteiger charge is -2.19. The average Bonchev–Trinajstić information content (AvgIpc) is 1.58. The van der Waals surface area contributed by atoms with Gasteiger partial charge in [-0.25, -0.2) is 10.1 Å². The van der Waals surface area contributed by atoms with Crippen LogP contribution in [0.25, 0.3) is 0 Å². The fourth-order valence-electron chi connectivity index (χ4n) is 0.613. The highest BCUT2D eigenvalue weighted by Gasteiger charge is 2.08. The van der Waals surface area contributed by atoms with Gasteiger partial charge in [-0.3, -0.25) is 0 Å². The molecule has 0 N–H and O–H groups in total. The molecule has 0 atom stereocenters. The fourth-order valence-corrected chi connectivity index (χ4v) is 1.84. The van der Waals surface area contributed by atoms with Crippen LogP contribution in [0, 0.1) is 0 Å². The van der Waals surface area contributed by atoms with Gasteiger partial charge in [-0.1, -0.05) is 0 Å². The SMILES string of the molecule is CN(C)O[SiH](C)ON(C)C. The molecule has 0 rings (SSSR count). The monoisotopic (exact) mass is 164 g/mol. The van der Waals surface area contributed by atoms with E-state index in [9.17, 15) is 0 Å². The van der Waals surface area contributed by atoms with Gasteiger partial charge >= 0.3 is 9.28 Å². The van der Waals surface area contributed by atoms with Gasteiger partial charge < -0.3 is 9.05 Å². The zero-order valence-electron chi connectivity index (χ0n) is 7.29. The third-order valence-electron chi connectivity index (χ3n) is 0.719. The molecule has 10 heavy (non-hydrogen) atoms. The molecule has 0 saturated carbocycles. The lowest BCUT2D eigenvalue weighted by Crippen LogP contribution is -2.32. The molecular weight excluding hydrogens is 148 g/mol. The number of hydrogen-bond acceptors (Lipinski definition) is 4. The van der Waals surface area contributed by atoms with Crippen LogP contribution in [-0.4, -0.2) is 47.6 Å². The van der Waals surface area contributed by atoms with E-state index in [1.54, 1.807) is 10.1 Å². The van der Waals surface area contributed by atoms with Crippen LogP contribution >= 0.6 is 0 Å². The minimum absolute atomic E-state index is 1.47. The van der Waals surface area contributed by atoms with Crippen molar-refractivity contribution in [2.75, 3.05) is 28.2 Å². The van der Waals surface area contributed by atoms with E-state index >= 15 is 0 Å². The minimum Gasteiger partial charge on any atom is -0.312 e. The average molecular weight is 164 g/mol. The number of rotatable bonds is 4. The Morgan fingerprint density at radius 3 is 1.40 bits per heavy atom. The van der Waals surface area contributed by atoms with Crippen molar-refractivity contribution in [1.29, 1.82) is 0 Å². The molecule has 0 amide bonds. The Balaban J connectivity index is 3.34. The second kappa shape index (κ2) is 4.81. The molecule has 5 heteroatoms. The summed E-state index contributed by atoms with van der Waals surface area (Å²) in [6.07, 6.45) is 0. The van der Waals surface area contributed by atoms with Gasteiger partial charge in [-0.05, 0) is 6.55 Å². The Morgan fingerprint density at radius 1 is 0.900 bits per heavy atom. The lowest BCUT2D eigenvalue weighted by atomic mass is 11.2. The molecule has 0 fully saturated rings. The van der Waals surface area contributed by atoms with Crippen molar-refractivity contribution in [1.82, 2.24) is 10.1 Å². The molecule has 0 aliphatic carbocycles. The zero-order valence-corrected chi connectivity index (χ0v) is 8.44. The molecule has 0 aromatic rings. The van der Waals surface area contributed by atoms with Gasteiger partial charge in [0.2, 0.25) is 0 Å². The second-order valence-electron chi connectivity index (χ2n) is 2.40. The lowest BCUT2D eigenvalue weighted by molar-refractivity contribution is -0.0918. The topological polar surface area (TPSA) is 24.9 Å². The Hall–Kier alpha value is 0.0569. The van der Waals surface area contributed by atoms with Gasteiger partial charge in [0.15, 0.2) is 0 Å². The van der Waals surface area contributed by atoms with Crippen LogP contribution in [-0.2, 0) is 9.05 Å². The standard InChI is InChI=1S/C5H16N2O2Si/c1-6(2)8-10(5)9-7(3)4/h10H,1-5H3. The molecule has 0 unspecified atom stereocenters. The van der Waals surface area contributed by atoms with Gasteiger partial charge in [0.05, 0.1) is 0 Å². The maximum atomic E-state index is 5.27. The molecule has 0 aliphatic heterocycles. The maximum absolute atomic E-state index is 5.27. The van der Waals surface area contributed by atoms with Crippen molar-refractivity contribution in [3.8, 4) is 0 Å². The fraction of sp³-hybridized carbons (Fsp3) is 1.00. The van der Waals surface area contributed by atoms with Crippen molar-refractivity contribution >= 4 is 9.28 Å². The van der Waals surface area contributed by atoms with Crippen LogP contribution in [0.15, 0.2) is 0 Å². The van der Waals surface area contributed by atoms with Gasteiger partial charge in [0.25, 0.3) is 0 Å². The molecular formula is C5H16N2O2Si. The summed E-state index contributed by atoms with van der Waals surface area (Å²) in [5.41, 5.74) is 0. The van der Waals surface area contributed by atoms with Crippen molar-refractivity contribution < 1.29 is 9.05 Å². The quantitative estimate of drug-likeness (QED) is 0.425. The molecule has 0 radical (unpaired) electrons. The second-order valence-corrected chi connectivity index (χ2v) is 3.96. The first kappa shape index (κ1) is 10.1. The molecule has 62 valence electrons. The van der Waals surface area contributed by atoms with E-state index in [-0.39, 0.29) is 0 Å². The Bertz CT molecular complexity index is 79.7. The number of nitrogens with zero attached hydrogens (tertiary/aromatic N) is 2. The van der Waals surface area contributed by atoms with Crippen LogP contribution in [0.4, 0.5) is 0 Å². The van der Waals surface area contributed by atoms with Crippen molar-refractivity contribution in [2.45, 2.75) is 6.55 Å². The molecule has 0 bridgehead atoms. The van der Waals surface area contributed by atoms with Crippen LogP contribution in [0.5, 0.6) is 0 Å². The zero-order chi connectivity index (χ0) is 8.15. The van der Waals surface area contributed by atoms with Gasteiger partial charge in [-0.2, -0.15) is 0 Å². The maximum Gasteiger partial charge on any atom is 0.359 e. The van der Waals surface area contributed by atoms with Gasteiger partial charge in [-0.15, -0.1) is 0 Å². The molecule has 0 aromatic carbocycles. The first-order valence-electron chi connectivity index (χ1n) is 3.20. The van der Waals surface area contributed by atoms with Gasteiger partial charge in [0, 0.05) is 28.2 Å². The summed E-state index contributed by atoms with van der Waals surface area (Å²) in [5.74, 6) is 0. The Kier molecular flexibility index (Phi) is 4.84. The van der Waals surface area contributed by atoms with Crippen LogP contribution < -0.4 is 0 Å². The normalized spacial score (nSPS) is 12.0. The molecule has 0 aromatic heterocycles. The first-order valence-corrected chi connectivity index (χ1v) is 5.30. The predicted molar refractivity (Wildman–Crippen MR) is 42.6 cm³/mol. The van der Waals surface area contributed by atoms with Crippen molar-refractivity contribution in [3.05, 3.63) is 0 Å². The van der Waals surface area contributed by atoms with E-state index in [1.807, 2.05) is 34.7 Å². The van der Waals surface area contributed by atoms with E-state index in [0.29, 0.717) is 0 Å². The molecule has 0 saturated heterocycles. The third kappa shape index (κ3) is 6.18. The highest BCUT2D eigenvalue weighted by atomic mass is 28.3. The number of hydroxylamine groups is 4. The van der Waals surface area contributed by atoms with E-state index in [2.05, 4.69) is 0 Å². The Morgan fingerprint density at radius 2 is 1.20 bits per heavy atom. The molecule has 0 heterocycles. The Labute approximate surface area is 64.1 Å². The summed E-state index contributed by atoms with van der Waals surface area (Å²) >= 11 is 0. The smallest absolute Gasteiger partial charge is 0.312 e. The summed E-state index contributed by atoms with van der Waals surface area (Å²) in [6.45, 7) is 1.97. The highest BCUT2D eigenvalue weighted by molar-refractivity contribution is 6.42. The van der Waals surface area contributed by atoms with Crippen molar-refractivity contribution in [3.63, 3.8) is 0 Å². The van der Waals surface area contributed by atoms with Gasteiger partial charge in [0.1, 0.15) is 0 Å². The first-order chi connectivity index (χ1) is 4.52. The third-order valence-corrected chi connectivity index (χ3v) is 2.16. The molecule has 0 aliphatic rings. The number of hydrogen-bond donors (Lipinski definition) is 0. The minimum atomic E-state index is -1.47. The van der Waals surface area contributed by atoms with E-state index in [0.717, 1.165) is 0 Å². The molecule has 0 spiro atoms. The van der Waals surface area contributed by atoms with E-state index in [1.165, 1.54) is 0 Å². The van der Waals surface area contributed by atoms with Crippen LogP contribution in [0.3, 0.4) is 0 Å². The summed E-state index contributed by atoms with van der Waals surface area (Å²) < 4.78 is 10.5. The predicted octanol–water partition coefficient (Wildman–Crippen LogP) is -0.177.